The standard InChI is InChI=1S/C22H22N6OS/c1-15-5-7-16(8-6-15)18-19(25-20(29)17-9-11-23-12-10-17)28-21(24-18)30-22(26-28)27-13-3-2-4-14-27/h5-12H,2-4,13-14H2,1H3,(H,25,29). The largest absolute Gasteiger partial charge is 0.347 e. The molecule has 5 rings (SSSR count). The second-order valence-electron chi connectivity index (χ2n) is 7.49. The minimum atomic E-state index is -0.208. The Hall–Kier alpha value is -3.26. The number of hydrogen-bond acceptors (Lipinski definition) is 6. The van der Waals surface area contributed by atoms with Gasteiger partial charge in [-0.25, -0.2) is 4.98 Å². The summed E-state index contributed by atoms with van der Waals surface area (Å²) in [5, 5.41) is 8.81. The van der Waals surface area contributed by atoms with Crippen molar-refractivity contribution in [2.24, 2.45) is 0 Å². The molecule has 0 spiro atoms. The van der Waals surface area contributed by atoms with Gasteiger partial charge < -0.3 is 10.2 Å². The monoisotopic (exact) mass is 418 g/mol. The van der Waals surface area contributed by atoms with Crippen molar-refractivity contribution in [3.63, 3.8) is 0 Å². The molecule has 1 saturated heterocycles. The van der Waals surface area contributed by atoms with Crippen molar-refractivity contribution in [2.75, 3.05) is 23.3 Å². The Morgan fingerprint density at radius 1 is 1.03 bits per heavy atom. The van der Waals surface area contributed by atoms with Gasteiger partial charge in [-0.2, -0.15) is 4.52 Å². The van der Waals surface area contributed by atoms with Gasteiger partial charge in [0.15, 0.2) is 5.82 Å². The van der Waals surface area contributed by atoms with Crippen LogP contribution in [0.1, 0.15) is 35.2 Å². The summed E-state index contributed by atoms with van der Waals surface area (Å²) in [5.74, 6) is 0.384. The molecule has 0 unspecified atom stereocenters. The molecule has 4 aromatic rings. The van der Waals surface area contributed by atoms with Crippen molar-refractivity contribution in [2.45, 2.75) is 26.2 Å². The Kier molecular flexibility index (Phi) is 4.92. The van der Waals surface area contributed by atoms with E-state index >= 15 is 0 Å². The first-order valence-electron chi connectivity index (χ1n) is 10.1. The number of aryl methyl sites for hydroxylation is 1. The van der Waals surface area contributed by atoms with Crippen LogP contribution in [-0.4, -0.2) is 38.6 Å². The van der Waals surface area contributed by atoms with E-state index in [1.165, 1.54) is 24.8 Å². The number of hydrogen-bond donors (Lipinski definition) is 1. The van der Waals surface area contributed by atoms with E-state index in [1.54, 1.807) is 40.4 Å². The zero-order valence-corrected chi connectivity index (χ0v) is 17.5. The van der Waals surface area contributed by atoms with Gasteiger partial charge in [-0.05, 0) is 38.3 Å². The number of nitrogens with zero attached hydrogens (tertiary/aromatic N) is 5. The van der Waals surface area contributed by atoms with Crippen molar-refractivity contribution < 1.29 is 4.79 Å². The third kappa shape index (κ3) is 3.54. The van der Waals surface area contributed by atoms with Gasteiger partial charge in [0.05, 0.1) is 0 Å². The Morgan fingerprint density at radius 3 is 2.50 bits per heavy atom. The molecule has 0 atom stereocenters. The molecule has 0 bridgehead atoms. The molecule has 1 fully saturated rings. The number of pyridine rings is 1. The van der Waals surface area contributed by atoms with Crippen molar-refractivity contribution in [3.8, 4) is 11.3 Å². The Labute approximate surface area is 178 Å². The van der Waals surface area contributed by atoms with Crippen molar-refractivity contribution in [1.82, 2.24) is 19.6 Å². The van der Waals surface area contributed by atoms with Crippen LogP contribution >= 0.6 is 11.3 Å². The maximum atomic E-state index is 12.9. The van der Waals surface area contributed by atoms with Gasteiger partial charge in [-0.15, -0.1) is 5.10 Å². The number of amides is 1. The summed E-state index contributed by atoms with van der Waals surface area (Å²) in [4.78, 5) is 24.8. The number of carbonyl (C=O) groups is 1. The minimum Gasteiger partial charge on any atom is -0.347 e. The molecule has 4 heterocycles. The normalized spacial score (nSPS) is 14.2. The number of nitrogens with one attached hydrogen (secondary N) is 1. The van der Waals surface area contributed by atoms with Gasteiger partial charge in [0.1, 0.15) is 5.69 Å². The number of anilines is 2. The predicted octanol–water partition coefficient (Wildman–Crippen LogP) is 4.40. The zero-order valence-electron chi connectivity index (χ0n) is 16.7. The first kappa shape index (κ1) is 18.7. The molecule has 1 aromatic carbocycles. The molecule has 1 N–H and O–H groups in total. The first-order valence-corrected chi connectivity index (χ1v) is 10.9. The smallest absolute Gasteiger partial charge is 0.256 e. The third-order valence-electron chi connectivity index (χ3n) is 5.32. The van der Waals surface area contributed by atoms with E-state index in [0.717, 1.165) is 34.4 Å². The SMILES string of the molecule is Cc1ccc(-c2nc3sc(N4CCCCC4)nn3c2NC(=O)c2ccncc2)cc1. The fraction of sp³-hybridized carbons (Fsp3) is 0.273. The predicted molar refractivity (Wildman–Crippen MR) is 119 cm³/mol. The van der Waals surface area contributed by atoms with E-state index in [-0.39, 0.29) is 5.91 Å². The number of piperidine rings is 1. The lowest BCUT2D eigenvalue weighted by Gasteiger charge is -2.25. The van der Waals surface area contributed by atoms with E-state index < -0.39 is 0 Å². The molecule has 7 nitrogen and oxygen atoms in total. The number of carbonyl (C=O) groups excluding carboxylic acids is 1. The van der Waals surface area contributed by atoms with Crippen LogP contribution < -0.4 is 10.2 Å². The van der Waals surface area contributed by atoms with Crippen LogP contribution in [0.2, 0.25) is 0 Å². The molecule has 0 radical (unpaired) electrons. The fourth-order valence-electron chi connectivity index (χ4n) is 3.66. The Morgan fingerprint density at radius 2 is 1.77 bits per heavy atom. The van der Waals surface area contributed by atoms with Gasteiger partial charge >= 0.3 is 0 Å². The highest BCUT2D eigenvalue weighted by atomic mass is 32.1. The zero-order chi connectivity index (χ0) is 20.5. The van der Waals surface area contributed by atoms with Gasteiger partial charge in [-0.3, -0.25) is 9.78 Å². The van der Waals surface area contributed by atoms with E-state index in [2.05, 4.69) is 15.2 Å². The molecule has 0 saturated carbocycles. The summed E-state index contributed by atoms with van der Waals surface area (Å²) >= 11 is 1.56. The first-order chi connectivity index (χ1) is 14.7. The van der Waals surface area contributed by atoms with E-state index in [4.69, 9.17) is 10.1 Å². The van der Waals surface area contributed by atoms with Gasteiger partial charge in [0.25, 0.3) is 5.91 Å². The number of benzene rings is 1. The summed E-state index contributed by atoms with van der Waals surface area (Å²) in [6.45, 7) is 4.08. The molecule has 30 heavy (non-hydrogen) atoms. The molecule has 3 aromatic heterocycles. The minimum absolute atomic E-state index is 0.208. The average Bonchev–Trinajstić information content (AvgIpc) is 3.35. The van der Waals surface area contributed by atoms with Crippen molar-refractivity contribution in [3.05, 3.63) is 59.9 Å². The summed E-state index contributed by atoms with van der Waals surface area (Å²) in [7, 11) is 0. The summed E-state index contributed by atoms with van der Waals surface area (Å²) in [6, 6.07) is 11.5. The quantitative estimate of drug-likeness (QED) is 0.531. The molecule has 1 aliphatic rings. The molecule has 1 amide bonds. The second kappa shape index (κ2) is 7.87. The molecule has 8 heteroatoms. The number of fused-ring (bicyclic) bond motifs is 1. The van der Waals surface area contributed by atoms with E-state index in [0.29, 0.717) is 11.4 Å². The van der Waals surface area contributed by atoms with Crippen LogP contribution in [0, 0.1) is 6.92 Å². The summed E-state index contributed by atoms with van der Waals surface area (Å²) < 4.78 is 1.77. The summed E-state index contributed by atoms with van der Waals surface area (Å²) in [5.41, 5.74) is 3.39. The van der Waals surface area contributed by atoms with E-state index in [9.17, 15) is 4.79 Å². The lowest BCUT2D eigenvalue weighted by Crippen LogP contribution is -2.29. The molecule has 152 valence electrons. The van der Waals surface area contributed by atoms with Crippen LogP contribution in [0.25, 0.3) is 16.2 Å². The topological polar surface area (TPSA) is 75.4 Å². The number of rotatable bonds is 4. The van der Waals surface area contributed by atoms with Gasteiger partial charge in [-0.1, -0.05) is 41.2 Å². The maximum Gasteiger partial charge on any atom is 0.256 e. The second-order valence-corrected chi connectivity index (χ2v) is 8.43. The highest BCUT2D eigenvalue weighted by Crippen LogP contribution is 2.34. The van der Waals surface area contributed by atoms with Crippen LogP contribution in [0.4, 0.5) is 10.9 Å². The Balaban J connectivity index is 1.57. The van der Waals surface area contributed by atoms with Crippen LogP contribution in [0.5, 0.6) is 0 Å². The molecular weight excluding hydrogens is 396 g/mol. The lowest BCUT2D eigenvalue weighted by molar-refractivity contribution is 0.102. The number of imidazole rings is 1. The highest BCUT2D eigenvalue weighted by molar-refractivity contribution is 7.20. The average molecular weight is 419 g/mol. The van der Waals surface area contributed by atoms with Gasteiger partial charge in [0, 0.05) is 36.6 Å². The molecule has 0 aliphatic carbocycles. The lowest BCUT2D eigenvalue weighted by atomic mass is 10.1. The van der Waals surface area contributed by atoms with Crippen LogP contribution in [0.15, 0.2) is 48.8 Å². The highest BCUT2D eigenvalue weighted by Gasteiger charge is 2.23. The Bertz CT molecular complexity index is 1180. The van der Waals surface area contributed by atoms with Crippen molar-refractivity contribution >= 4 is 33.2 Å². The van der Waals surface area contributed by atoms with Crippen LogP contribution in [-0.2, 0) is 0 Å². The van der Waals surface area contributed by atoms with Crippen LogP contribution in [0.3, 0.4) is 0 Å². The van der Waals surface area contributed by atoms with Gasteiger partial charge in [0.2, 0.25) is 10.1 Å². The number of aromatic nitrogens is 4. The third-order valence-corrected chi connectivity index (χ3v) is 6.29. The van der Waals surface area contributed by atoms with Crippen molar-refractivity contribution in [1.29, 1.82) is 0 Å². The summed E-state index contributed by atoms with van der Waals surface area (Å²) in [6.07, 6.45) is 6.85. The van der Waals surface area contributed by atoms with E-state index in [1.807, 2.05) is 31.2 Å². The maximum absolute atomic E-state index is 12.9. The fourth-order valence-corrected chi connectivity index (χ4v) is 4.61. The molecule has 1 aliphatic heterocycles. The molecular formula is C22H22N6OS.